The smallest absolute Gasteiger partial charge is 0.0577 e. The second-order valence-corrected chi connectivity index (χ2v) is 12.6. The standard InChI is InChI=1S/C30H50O/c1-7-22(8-2)20(3)9-10-21(4)26-13-14-27-25-12-11-23-19-24(31)15-17-29(23,5)28(25)16-18-30(26,27)6/h7,11,20-21,24-28,31H,8-10,12-19H2,1-6H3/t20-,21-,24+,25+,26-,27+,28+,29+,30-/m1/s1. The molecule has 1 nitrogen and oxygen atoms in total. The van der Waals surface area contributed by atoms with Gasteiger partial charge < -0.3 is 5.11 Å². The van der Waals surface area contributed by atoms with Gasteiger partial charge in [-0.15, -0.1) is 0 Å². The fourth-order valence-electron chi connectivity index (χ4n) is 9.35. The lowest BCUT2D eigenvalue weighted by atomic mass is 9.47. The molecule has 0 amide bonds. The normalized spacial score (nSPS) is 44.7. The van der Waals surface area contributed by atoms with Gasteiger partial charge in [0.1, 0.15) is 0 Å². The summed E-state index contributed by atoms with van der Waals surface area (Å²) < 4.78 is 0. The van der Waals surface area contributed by atoms with Gasteiger partial charge in [0.05, 0.1) is 6.10 Å². The average molecular weight is 427 g/mol. The second kappa shape index (κ2) is 9.00. The average Bonchev–Trinajstić information content (AvgIpc) is 3.10. The van der Waals surface area contributed by atoms with E-state index in [1.54, 1.807) is 11.1 Å². The van der Waals surface area contributed by atoms with Crippen LogP contribution in [-0.4, -0.2) is 11.2 Å². The lowest BCUT2D eigenvalue weighted by molar-refractivity contribution is -0.0573. The number of allylic oxidation sites excluding steroid dienone is 3. The van der Waals surface area contributed by atoms with Crippen LogP contribution in [0.25, 0.3) is 0 Å². The molecule has 0 aromatic rings. The van der Waals surface area contributed by atoms with E-state index in [0.717, 1.165) is 48.3 Å². The molecule has 0 aromatic carbocycles. The van der Waals surface area contributed by atoms with Gasteiger partial charge in [-0.2, -0.15) is 0 Å². The Morgan fingerprint density at radius 3 is 2.58 bits per heavy atom. The summed E-state index contributed by atoms with van der Waals surface area (Å²) in [6.45, 7) is 14.8. The van der Waals surface area contributed by atoms with E-state index >= 15 is 0 Å². The molecule has 4 rings (SSSR count). The van der Waals surface area contributed by atoms with Crippen molar-refractivity contribution in [2.75, 3.05) is 0 Å². The first-order valence-electron chi connectivity index (χ1n) is 13.8. The van der Waals surface area contributed by atoms with Crippen LogP contribution in [0.5, 0.6) is 0 Å². The van der Waals surface area contributed by atoms with Crippen LogP contribution in [0, 0.1) is 46.3 Å². The van der Waals surface area contributed by atoms with Crippen LogP contribution >= 0.6 is 0 Å². The maximum atomic E-state index is 10.3. The number of rotatable bonds is 6. The third-order valence-corrected chi connectivity index (χ3v) is 11.3. The maximum Gasteiger partial charge on any atom is 0.0577 e. The van der Waals surface area contributed by atoms with Gasteiger partial charge in [0.2, 0.25) is 0 Å². The van der Waals surface area contributed by atoms with Crippen molar-refractivity contribution in [2.45, 2.75) is 118 Å². The lowest BCUT2D eigenvalue weighted by Gasteiger charge is -2.58. The number of fused-ring (bicyclic) bond motifs is 5. The number of hydrogen-bond acceptors (Lipinski definition) is 1. The van der Waals surface area contributed by atoms with E-state index in [4.69, 9.17) is 0 Å². The van der Waals surface area contributed by atoms with Crippen molar-refractivity contribution in [3.63, 3.8) is 0 Å². The second-order valence-electron chi connectivity index (χ2n) is 12.6. The van der Waals surface area contributed by atoms with E-state index in [9.17, 15) is 5.11 Å². The first-order valence-corrected chi connectivity index (χ1v) is 13.8. The first-order chi connectivity index (χ1) is 14.7. The molecule has 1 heteroatoms. The highest BCUT2D eigenvalue weighted by atomic mass is 16.3. The molecule has 0 heterocycles. The van der Waals surface area contributed by atoms with Gasteiger partial charge in [-0.3, -0.25) is 0 Å². The van der Waals surface area contributed by atoms with Gasteiger partial charge in [-0.25, -0.2) is 0 Å². The van der Waals surface area contributed by atoms with Crippen molar-refractivity contribution >= 4 is 0 Å². The van der Waals surface area contributed by atoms with E-state index in [2.05, 4.69) is 53.7 Å². The Balaban J connectivity index is 1.46. The Labute approximate surface area is 193 Å². The van der Waals surface area contributed by atoms with Crippen molar-refractivity contribution in [1.29, 1.82) is 0 Å². The largest absolute Gasteiger partial charge is 0.393 e. The molecule has 176 valence electrons. The molecule has 3 saturated carbocycles. The number of aliphatic hydroxyl groups is 1. The van der Waals surface area contributed by atoms with E-state index in [-0.39, 0.29) is 6.10 Å². The lowest BCUT2D eigenvalue weighted by Crippen LogP contribution is -2.50. The fraction of sp³-hybridized carbons (Fsp3) is 0.867. The molecular weight excluding hydrogens is 376 g/mol. The van der Waals surface area contributed by atoms with Crippen molar-refractivity contribution in [3.05, 3.63) is 23.3 Å². The predicted molar refractivity (Wildman–Crippen MR) is 133 cm³/mol. The van der Waals surface area contributed by atoms with Gasteiger partial charge >= 0.3 is 0 Å². The Morgan fingerprint density at radius 2 is 1.87 bits per heavy atom. The maximum absolute atomic E-state index is 10.3. The van der Waals surface area contributed by atoms with Gasteiger partial charge in [-0.05, 0) is 124 Å². The Morgan fingerprint density at radius 1 is 1.10 bits per heavy atom. The fourth-order valence-corrected chi connectivity index (χ4v) is 9.35. The third-order valence-electron chi connectivity index (χ3n) is 11.3. The van der Waals surface area contributed by atoms with Crippen LogP contribution in [0.2, 0.25) is 0 Å². The minimum absolute atomic E-state index is 0.0837. The zero-order valence-electron chi connectivity index (χ0n) is 21.4. The van der Waals surface area contributed by atoms with Gasteiger partial charge in [-0.1, -0.05) is 57.9 Å². The van der Waals surface area contributed by atoms with Gasteiger partial charge in [0, 0.05) is 0 Å². The number of hydrogen-bond donors (Lipinski definition) is 1. The first kappa shape index (κ1) is 23.6. The van der Waals surface area contributed by atoms with E-state index in [0.29, 0.717) is 10.8 Å². The Hall–Kier alpha value is -0.560. The van der Waals surface area contributed by atoms with Crippen LogP contribution < -0.4 is 0 Å². The van der Waals surface area contributed by atoms with Crippen molar-refractivity contribution < 1.29 is 5.11 Å². The SMILES string of the molecule is CC=C(CC)[C@H](C)CC[C@@H](C)[C@H]1CC[C@H]2[C@@H]3CC=C4C[C@@H](O)CC[C@]4(C)[C@H]3CC[C@]12C. The van der Waals surface area contributed by atoms with Gasteiger partial charge in [0.15, 0.2) is 0 Å². The molecule has 0 unspecified atom stereocenters. The molecule has 0 bridgehead atoms. The van der Waals surface area contributed by atoms with E-state index < -0.39 is 0 Å². The molecule has 4 aliphatic carbocycles. The number of aliphatic hydroxyl groups excluding tert-OH is 1. The summed E-state index contributed by atoms with van der Waals surface area (Å²) in [5.74, 6) is 5.23. The zero-order valence-corrected chi connectivity index (χ0v) is 21.4. The molecule has 0 aromatic heterocycles. The molecule has 3 fully saturated rings. The highest BCUT2D eigenvalue weighted by molar-refractivity contribution is 5.25. The van der Waals surface area contributed by atoms with Gasteiger partial charge in [0.25, 0.3) is 0 Å². The summed E-state index contributed by atoms with van der Waals surface area (Å²) in [6.07, 6.45) is 19.1. The molecule has 0 radical (unpaired) electrons. The third kappa shape index (κ3) is 4.00. The molecule has 1 N–H and O–H groups in total. The Kier molecular flexibility index (Phi) is 6.85. The minimum atomic E-state index is -0.0837. The van der Waals surface area contributed by atoms with Crippen LogP contribution in [0.1, 0.15) is 112 Å². The van der Waals surface area contributed by atoms with Crippen LogP contribution in [-0.2, 0) is 0 Å². The highest BCUT2D eigenvalue weighted by Crippen LogP contribution is 2.67. The molecule has 0 spiro atoms. The van der Waals surface area contributed by atoms with Crippen molar-refractivity contribution in [1.82, 2.24) is 0 Å². The summed E-state index contributed by atoms with van der Waals surface area (Å²) >= 11 is 0. The summed E-state index contributed by atoms with van der Waals surface area (Å²) in [5.41, 5.74) is 4.21. The summed E-state index contributed by atoms with van der Waals surface area (Å²) in [5, 5.41) is 10.3. The topological polar surface area (TPSA) is 20.2 Å². The quantitative estimate of drug-likeness (QED) is 0.423. The molecule has 9 atom stereocenters. The molecule has 0 saturated heterocycles. The highest BCUT2D eigenvalue weighted by Gasteiger charge is 2.59. The summed E-state index contributed by atoms with van der Waals surface area (Å²) in [6, 6.07) is 0. The van der Waals surface area contributed by atoms with Crippen LogP contribution in [0.4, 0.5) is 0 Å². The van der Waals surface area contributed by atoms with Crippen LogP contribution in [0.15, 0.2) is 23.3 Å². The van der Waals surface area contributed by atoms with Crippen LogP contribution in [0.3, 0.4) is 0 Å². The zero-order chi connectivity index (χ0) is 22.4. The van der Waals surface area contributed by atoms with Crippen molar-refractivity contribution in [2.24, 2.45) is 46.3 Å². The molecule has 4 aliphatic rings. The molecular formula is C30H50O. The minimum Gasteiger partial charge on any atom is -0.393 e. The summed E-state index contributed by atoms with van der Waals surface area (Å²) in [7, 11) is 0. The van der Waals surface area contributed by atoms with E-state index in [1.165, 1.54) is 57.8 Å². The predicted octanol–water partition coefficient (Wildman–Crippen LogP) is 8.34. The van der Waals surface area contributed by atoms with Crippen molar-refractivity contribution in [3.8, 4) is 0 Å². The Bertz CT molecular complexity index is 703. The summed E-state index contributed by atoms with van der Waals surface area (Å²) in [4.78, 5) is 0. The molecule has 31 heavy (non-hydrogen) atoms. The monoisotopic (exact) mass is 426 g/mol. The van der Waals surface area contributed by atoms with E-state index in [1.807, 2.05) is 0 Å². The molecule has 0 aliphatic heterocycles.